The molecule has 1 aromatic carbocycles. The van der Waals surface area contributed by atoms with Crippen LogP contribution in [-0.4, -0.2) is 25.0 Å². The number of nitrogens with zero attached hydrogens (tertiary/aromatic N) is 1. The van der Waals surface area contributed by atoms with Crippen molar-refractivity contribution < 1.29 is 9.84 Å². The van der Waals surface area contributed by atoms with Gasteiger partial charge in [-0.15, -0.1) is 0 Å². The zero-order valence-corrected chi connectivity index (χ0v) is 10.9. The van der Waals surface area contributed by atoms with E-state index in [9.17, 15) is 5.11 Å². The van der Waals surface area contributed by atoms with E-state index in [2.05, 4.69) is 18.8 Å². The molecular formula is C14H21NO2. The van der Waals surface area contributed by atoms with Gasteiger partial charge in [0.1, 0.15) is 11.5 Å². The van der Waals surface area contributed by atoms with Gasteiger partial charge in [0, 0.05) is 24.4 Å². The van der Waals surface area contributed by atoms with Crippen molar-refractivity contribution in [3.05, 3.63) is 23.3 Å². The second kappa shape index (κ2) is 6.94. The first kappa shape index (κ1) is 13.6. The number of phenolic OH excluding ortho intramolecular Hbond substituents is 1. The normalized spacial score (nSPS) is 11.0. The summed E-state index contributed by atoms with van der Waals surface area (Å²) in [6.07, 6.45) is 4.82. The van der Waals surface area contributed by atoms with Gasteiger partial charge in [0.05, 0.1) is 7.11 Å². The monoisotopic (exact) mass is 235 g/mol. The van der Waals surface area contributed by atoms with E-state index in [1.807, 2.05) is 6.07 Å². The Balaban J connectivity index is 2.93. The number of hydrogen-bond acceptors (Lipinski definition) is 3. The Labute approximate surface area is 103 Å². The second-order valence-electron chi connectivity index (χ2n) is 3.96. The van der Waals surface area contributed by atoms with Crippen LogP contribution < -0.4 is 4.74 Å². The van der Waals surface area contributed by atoms with Crippen LogP contribution in [0.3, 0.4) is 0 Å². The van der Waals surface area contributed by atoms with E-state index >= 15 is 0 Å². The predicted octanol–water partition coefficient (Wildman–Crippen LogP) is 3.18. The summed E-state index contributed by atoms with van der Waals surface area (Å²) in [5, 5.41) is 9.92. The summed E-state index contributed by atoms with van der Waals surface area (Å²) in [5.41, 5.74) is 1.87. The third-order valence-corrected chi connectivity index (χ3v) is 2.70. The van der Waals surface area contributed by atoms with Gasteiger partial charge in [-0.1, -0.05) is 20.3 Å². The fraction of sp³-hybridized carbons (Fsp3) is 0.500. The highest BCUT2D eigenvalue weighted by molar-refractivity contribution is 5.86. The van der Waals surface area contributed by atoms with Crippen molar-refractivity contribution in [3.63, 3.8) is 0 Å². The van der Waals surface area contributed by atoms with Gasteiger partial charge in [-0.3, -0.25) is 4.99 Å². The van der Waals surface area contributed by atoms with E-state index in [-0.39, 0.29) is 5.75 Å². The number of aryl methyl sites for hydroxylation is 1. The van der Waals surface area contributed by atoms with E-state index < -0.39 is 0 Å². The molecule has 17 heavy (non-hydrogen) atoms. The summed E-state index contributed by atoms with van der Waals surface area (Å²) >= 11 is 0. The number of benzene rings is 1. The zero-order chi connectivity index (χ0) is 12.7. The lowest BCUT2D eigenvalue weighted by Crippen LogP contribution is -1.95. The average Bonchev–Trinajstić information content (AvgIpc) is 2.35. The van der Waals surface area contributed by atoms with E-state index in [0.717, 1.165) is 36.9 Å². The van der Waals surface area contributed by atoms with E-state index in [1.165, 1.54) is 0 Å². The summed E-state index contributed by atoms with van der Waals surface area (Å²) in [6.45, 7) is 5.00. The molecule has 0 unspecified atom stereocenters. The molecular weight excluding hydrogens is 214 g/mol. The Morgan fingerprint density at radius 2 is 2.12 bits per heavy atom. The van der Waals surface area contributed by atoms with Gasteiger partial charge in [-0.25, -0.2) is 0 Å². The van der Waals surface area contributed by atoms with Crippen LogP contribution in [0.4, 0.5) is 0 Å². The zero-order valence-electron chi connectivity index (χ0n) is 10.9. The maximum absolute atomic E-state index is 9.92. The topological polar surface area (TPSA) is 41.8 Å². The summed E-state index contributed by atoms with van der Waals surface area (Å²) in [5.74, 6) is 0.923. The average molecular weight is 235 g/mol. The fourth-order valence-corrected chi connectivity index (χ4v) is 1.63. The quantitative estimate of drug-likeness (QED) is 0.607. The molecule has 0 bridgehead atoms. The maximum atomic E-state index is 9.92. The number of methoxy groups -OCH3 is 1. The van der Waals surface area contributed by atoms with Crippen LogP contribution >= 0.6 is 0 Å². The Kier molecular flexibility index (Phi) is 5.53. The van der Waals surface area contributed by atoms with Crippen LogP contribution in [0.5, 0.6) is 11.5 Å². The molecule has 0 aliphatic carbocycles. The molecule has 3 nitrogen and oxygen atoms in total. The molecule has 0 amide bonds. The van der Waals surface area contributed by atoms with Crippen molar-refractivity contribution in [1.29, 1.82) is 0 Å². The highest BCUT2D eigenvalue weighted by Crippen LogP contribution is 2.26. The van der Waals surface area contributed by atoms with E-state index in [4.69, 9.17) is 4.74 Å². The summed E-state index contributed by atoms with van der Waals surface area (Å²) in [7, 11) is 1.60. The first-order valence-corrected chi connectivity index (χ1v) is 6.12. The molecule has 94 valence electrons. The van der Waals surface area contributed by atoms with E-state index in [0.29, 0.717) is 5.75 Å². The van der Waals surface area contributed by atoms with Crippen LogP contribution in [0.15, 0.2) is 17.1 Å². The molecule has 0 aliphatic heterocycles. The third-order valence-electron chi connectivity index (χ3n) is 2.70. The molecule has 1 aromatic rings. The van der Waals surface area contributed by atoms with Gasteiger partial charge in [0.25, 0.3) is 0 Å². The second-order valence-corrected chi connectivity index (χ2v) is 3.96. The molecule has 3 heteroatoms. The lowest BCUT2D eigenvalue weighted by Gasteiger charge is -2.09. The Morgan fingerprint density at radius 1 is 1.35 bits per heavy atom. The molecule has 0 radical (unpaired) electrons. The van der Waals surface area contributed by atoms with Crippen molar-refractivity contribution in [1.82, 2.24) is 0 Å². The molecule has 0 saturated carbocycles. The van der Waals surface area contributed by atoms with E-state index in [1.54, 1.807) is 19.4 Å². The van der Waals surface area contributed by atoms with Gasteiger partial charge < -0.3 is 9.84 Å². The summed E-state index contributed by atoms with van der Waals surface area (Å²) in [4.78, 5) is 4.33. The van der Waals surface area contributed by atoms with Crippen LogP contribution in [0.25, 0.3) is 0 Å². The maximum Gasteiger partial charge on any atom is 0.128 e. The van der Waals surface area contributed by atoms with Gasteiger partial charge >= 0.3 is 0 Å². The fourth-order valence-electron chi connectivity index (χ4n) is 1.63. The SMILES string of the molecule is CCCCN=Cc1c(O)cc(OC)cc1CC. The molecule has 0 aromatic heterocycles. The highest BCUT2D eigenvalue weighted by Gasteiger charge is 2.07. The molecule has 0 aliphatic rings. The summed E-state index contributed by atoms with van der Waals surface area (Å²) in [6, 6.07) is 3.57. The Bertz CT molecular complexity index is 386. The molecule has 0 fully saturated rings. The number of unbranched alkanes of at least 4 members (excludes halogenated alkanes) is 1. The third kappa shape index (κ3) is 3.77. The minimum atomic E-state index is 0.237. The molecule has 0 atom stereocenters. The molecule has 1 N–H and O–H groups in total. The number of aliphatic imine (C=N–C) groups is 1. The van der Waals surface area contributed by atoms with Gasteiger partial charge in [0.2, 0.25) is 0 Å². The van der Waals surface area contributed by atoms with Crippen LogP contribution in [0, 0.1) is 0 Å². The smallest absolute Gasteiger partial charge is 0.128 e. The largest absolute Gasteiger partial charge is 0.507 e. The minimum absolute atomic E-state index is 0.237. The summed E-state index contributed by atoms with van der Waals surface area (Å²) < 4.78 is 5.13. The molecule has 1 rings (SSSR count). The van der Waals surface area contributed by atoms with Crippen LogP contribution in [0.2, 0.25) is 0 Å². The predicted molar refractivity (Wildman–Crippen MR) is 71.4 cm³/mol. The molecule has 0 saturated heterocycles. The number of aromatic hydroxyl groups is 1. The Morgan fingerprint density at radius 3 is 2.71 bits per heavy atom. The van der Waals surface area contributed by atoms with Crippen molar-refractivity contribution in [3.8, 4) is 11.5 Å². The number of hydrogen-bond donors (Lipinski definition) is 1. The first-order chi connectivity index (χ1) is 8.22. The van der Waals surface area contributed by atoms with Gasteiger partial charge in [-0.2, -0.15) is 0 Å². The van der Waals surface area contributed by atoms with Crippen molar-refractivity contribution in [2.75, 3.05) is 13.7 Å². The van der Waals surface area contributed by atoms with Gasteiger partial charge in [0.15, 0.2) is 0 Å². The van der Waals surface area contributed by atoms with Gasteiger partial charge in [-0.05, 0) is 24.5 Å². The number of phenols is 1. The molecule has 0 spiro atoms. The first-order valence-electron chi connectivity index (χ1n) is 6.12. The highest BCUT2D eigenvalue weighted by atomic mass is 16.5. The van der Waals surface area contributed by atoms with Crippen LogP contribution in [-0.2, 0) is 6.42 Å². The molecule has 0 heterocycles. The lowest BCUT2D eigenvalue weighted by atomic mass is 10.0. The van der Waals surface area contributed by atoms with Crippen LogP contribution in [0.1, 0.15) is 37.8 Å². The van der Waals surface area contributed by atoms with Crippen molar-refractivity contribution >= 4 is 6.21 Å². The van der Waals surface area contributed by atoms with Crippen molar-refractivity contribution in [2.45, 2.75) is 33.1 Å². The standard InChI is InChI=1S/C14H21NO2/c1-4-6-7-15-10-13-11(5-2)8-12(17-3)9-14(13)16/h8-10,16H,4-7H2,1-3H3. The number of rotatable bonds is 6. The minimum Gasteiger partial charge on any atom is -0.507 e. The van der Waals surface area contributed by atoms with Crippen molar-refractivity contribution in [2.24, 2.45) is 4.99 Å². The lowest BCUT2D eigenvalue weighted by molar-refractivity contribution is 0.407. The number of ether oxygens (including phenoxy) is 1. The Hall–Kier alpha value is -1.51.